The number of fused-ring (bicyclic) bond motifs is 2. The highest BCUT2D eigenvalue weighted by Gasteiger charge is 2.47. The fourth-order valence-corrected chi connectivity index (χ4v) is 5.37. The van der Waals surface area contributed by atoms with Gasteiger partial charge in [-0.25, -0.2) is 0 Å². The summed E-state index contributed by atoms with van der Waals surface area (Å²) in [5.74, 6) is -0.299. The van der Waals surface area contributed by atoms with Gasteiger partial charge < -0.3 is 9.16 Å². The van der Waals surface area contributed by atoms with Gasteiger partial charge in [-0.2, -0.15) is 0 Å². The minimum absolute atomic E-state index is 0.0844. The van der Waals surface area contributed by atoms with E-state index >= 15 is 0 Å². The summed E-state index contributed by atoms with van der Waals surface area (Å²) in [5, 5.41) is 0. The third-order valence-corrected chi connectivity index (χ3v) is 5.96. The lowest BCUT2D eigenvalue weighted by Gasteiger charge is -2.45. The lowest BCUT2D eigenvalue weighted by atomic mass is 9.73. The zero-order valence-electron chi connectivity index (χ0n) is 16.8. The zero-order valence-corrected chi connectivity index (χ0v) is 17.8. The van der Waals surface area contributed by atoms with E-state index in [4.69, 9.17) is 9.16 Å². The second kappa shape index (κ2) is 7.45. The molecule has 0 saturated carbocycles. The van der Waals surface area contributed by atoms with E-state index in [1.165, 1.54) is 7.11 Å². The average molecular weight is 381 g/mol. The molecule has 27 heavy (non-hydrogen) atoms. The predicted molar refractivity (Wildman–Crippen MR) is 113 cm³/mol. The van der Waals surface area contributed by atoms with Crippen LogP contribution in [0.4, 0.5) is 0 Å². The van der Waals surface area contributed by atoms with Crippen molar-refractivity contribution in [3.63, 3.8) is 0 Å². The third kappa shape index (κ3) is 3.78. The van der Waals surface area contributed by atoms with E-state index in [2.05, 4.69) is 63.0 Å². The second-order valence-electron chi connectivity index (χ2n) is 8.14. The topological polar surface area (TPSA) is 35.5 Å². The summed E-state index contributed by atoms with van der Waals surface area (Å²) >= 11 is 0. The Bertz CT molecular complexity index is 814. The van der Waals surface area contributed by atoms with Crippen LogP contribution in [0, 0.1) is 5.92 Å². The highest BCUT2D eigenvalue weighted by atomic mass is 28.4. The Balaban J connectivity index is 2.33. The lowest BCUT2D eigenvalue weighted by Crippen LogP contribution is -2.47. The number of carbonyl (C=O) groups excluding carboxylic acids is 1. The number of hydrogen-bond acceptors (Lipinski definition) is 3. The highest BCUT2D eigenvalue weighted by molar-refractivity contribution is 6.69. The van der Waals surface area contributed by atoms with Crippen LogP contribution >= 0.6 is 0 Å². The fourth-order valence-electron chi connectivity index (χ4n) is 3.99. The molecule has 3 nitrogen and oxygen atoms in total. The van der Waals surface area contributed by atoms with Crippen molar-refractivity contribution in [2.24, 2.45) is 5.92 Å². The molecule has 1 aliphatic rings. The maximum Gasteiger partial charge on any atom is 0.305 e. The second-order valence-corrected chi connectivity index (χ2v) is 12.6. The molecule has 1 aliphatic carbocycles. The Morgan fingerprint density at radius 2 is 1.44 bits per heavy atom. The van der Waals surface area contributed by atoms with Crippen LogP contribution in [0.1, 0.15) is 35.6 Å². The number of esters is 1. The minimum atomic E-state index is -1.98. The van der Waals surface area contributed by atoms with Crippen molar-refractivity contribution in [1.29, 1.82) is 0 Å². The molecule has 1 unspecified atom stereocenters. The van der Waals surface area contributed by atoms with Crippen molar-refractivity contribution in [1.82, 2.24) is 0 Å². The van der Waals surface area contributed by atoms with Crippen molar-refractivity contribution < 1.29 is 14.0 Å². The van der Waals surface area contributed by atoms with Crippen LogP contribution < -0.4 is 0 Å². The molecule has 0 amide bonds. The summed E-state index contributed by atoms with van der Waals surface area (Å²) in [6.45, 7) is 8.69. The summed E-state index contributed by atoms with van der Waals surface area (Å²) < 4.78 is 12.0. The molecule has 2 aromatic carbocycles. The molecule has 0 spiro atoms. The van der Waals surface area contributed by atoms with Crippen LogP contribution in [-0.2, 0) is 19.6 Å². The number of hydrogen-bond donors (Lipinski definition) is 0. The largest absolute Gasteiger partial charge is 0.469 e. The molecule has 0 saturated heterocycles. The average Bonchev–Trinajstić information content (AvgIpc) is 2.77. The van der Waals surface area contributed by atoms with Gasteiger partial charge in [-0.15, -0.1) is 0 Å². The van der Waals surface area contributed by atoms with Crippen LogP contribution in [-0.4, -0.2) is 21.4 Å². The highest BCUT2D eigenvalue weighted by Crippen LogP contribution is 2.48. The fraction of sp³-hybridized carbons (Fsp3) is 0.348. The number of ether oxygens (including phenoxy) is 1. The first-order chi connectivity index (χ1) is 12.8. The van der Waals surface area contributed by atoms with Gasteiger partial charge >= 0.3 is 5.97 Å². The molecule has 1 atom stereocenters. The van der Waals surface area contributed by atoms with Gasteiger partial charge in [-0.3, -0.25) is 4.79 Å². The first kappa shape index (κ1) is 19.6. The van der Waals surface area contributed by atoms with Crippen LogP contribution in [0.15, 0.2) is 48.5 Å². The van der Waals surface area contributed by atoms with Crippen LogP contribution in [0.25, 0.3) is 12.2 Å². The Kier molecular flexibility index (Phi) is 5.40. The van der Waals surface area contributed by atoms with Crippen molar-refractivity contribution in [2.75, 3.05) is 7.11 Å². The first-order valence-electron chi connectivity index (χ1n) is 9.42. The Hall–Kier alpha value is -2.17. The molecule has 4 heteroatoms. The SMILES string of the molecule is COC(=O)CC(C)C1(O[Si](C)(C)C)c2ccccc2C=Cc2ccccc21. The summed E-state index contributed by atoms with van der Waals surface area (Å²) in [5.41, 5.74) is 3.79. The molecule has 0 heterocycles. The quantitative estimate of drug-likeness (QED) is 0.510. The van der Waals surface area contributed by atoms with Crippen LogP contribution in [0.5, 0.6) is 0 Å². The van der Waals surface area contributed by atoms with Crippen LogP contribution in [0.3, 0.4) is 0 Å². The summed E-state index contributed by atoms with van der Waals surface area (Å²) in [6.07, 6.45) is 4.59. The van der Waals surface area contributed by atoms with Gasteiger partial charge in [0, 0.05) is 5.92 Å². The van der Waals surface area contributed by atoms with E-state index in [-0.39, 0.29) is 11.9 Å². The maximum absolute atomic E-state index is 12.2. The number of benzene rings is 2. The lowest BCUT2D eigenvalue weighted by molar-refractivity contribution is -0.143. The normalized spacial score (nSPS) is 16.0. The van der Waals surface area contributed by atoms with E-state index in [9.17, 15) is 4.79 Å². The zero-order chi connectivity index (χ0) is 19.7. The number of methoxy groups -OCH3 is 1. The molecule has 0 bridgehead atoms. The molecule has 2 aromatic rings. The smallest absolute Gasteiger partial charge is 0.305 e. The van der Waals surface area contributed by atoms with Gasteiger partial charge in [-0.05, 0) is 41.9 Å². The molecule has 0 radical (unpaired) electrons. The number of carbonyl (C=O) groups is 1. The molecule has 0 aromatic heterocycles. The van der Waals surface area contributed by atoms with E-state index in [0.29, 0.717) is 6.42 Å². The summed E-state index contributed by atoms with van der Waals surface area (Å²) in [6, 6.07) is 16.7. The molecule has 0 aliphatic heterocycles. The first-order valence-corrected chi connectivity index (χ1v) is 12.8. The van der Waals surface area contributed by atoms with Crippen molar-refractivity contribution in [3.8, 4) is 0 Å². The van der Waals surface area contributed by atoms with Crippen molar-refractivity contribution in [3.05, 3.63) is 70.8 Å². The van der Waals surface area contributed by atoms with Gasteiger partial charge in [0.05, 0.1) is 13.5 Å². The van der Waals surface area contributed by atoms with Crippen molar-refractivity contribution in [2.45, 2.75) is 38.6 Å². The van der Waals surface area contributed by atoms with E-state index < -0.39 is 13.9 Å². The molecule has 142 valence electrons. The van der Waals surface area contributed by atoms with Gasteiger partial charge in [0.1, 0.15) is 5.60 Å². The molecule has 3 rings (SSSR count). The molecule has 0 N–H and O–H groups in total. The Morgan fingerprint density at radius 3 is 1.89 bits per heavy atom. The van der Waals surface area contributed by atoms with Gasteiger partial charge in [0.25, 0.3) is 0 Å². The van der Waals surface area contributed by atoms with Crippen molar-refractivity contribution >= 4 is 26.4 Å². The van der Waals surface area contributed by atoms with Gasteiger partial charge in [0.15, 0.2) is 8.32 Å². The molecular formula is C23H28O3Si. The Labute approximate surface area is 163 Å². The summed E-state index contributed by atoms with van der Waals surface area (Å²) in [7, 11) is -0.538. The predicted octanol–water partition coefficient (Wildman–Crippen LogP) is 5.46. The Morgan fingerprint density at radius 1 is 0.963 bits per heavy atom. The summed E-state index contributed by atoms with van der Waals surface area (Å²) in [4.78, 5) is 12.2. The maximum atomic E-state index is 12.2. The molecule has 0 fully saturated rings. The molecular weight excluding hydrogens is 352 g/mol. The van der Waals surface area contributed by atoms with E-state index in [1.807, 2.05) is 24.3 Å². The van der Waals surface area contributed by atoms with Gasteiger partial charge in [-0.1, -0.05) is 67.6 Å². The van der Waals surface area contributed by atoms with Gasteiger partial charge in [0.2, 0.25) is 0 Å². The standard InChI is InChI=1S/C23H28O3Si/c1-17(16-22(24)25-2)23(26-27(3,4)5)20-12-8-6-10-18(20)14-15-19-11-7-9-13-21(19)23/h6-15,17H,16H2,1-5H3. The minimum Gasteiger partial charge on any atom is -0.469 e. The third-order valence-electron chi connectivity index (χ3n) is 5.03. The van der Waals surface area contributed by atoms with Crippen LogP contribution in [0.2, 0.25) is 19.6 Å². The van der Waals surface area contributed by atoms with E-state index in [0.717, 1.165) is 22.3 Å². The number of rotatable bonds is 5. The van der Waals surface area contributed by atoms with E-state index in [1.54, 1.807) is 0 Å². The monoisotopic (exact) mass is 380 g/mol.